The number of carboxylic acid groups (broad SMARTS) is 1. The summed E-state index contributed by atoms with van der Waals surface area (Å²) in [7, 11) is 0. The average molecular weight is 376 g/mol. The lowest BCUT2D eigenvalue weighted by Crippen LogP contribution is -2.45. The number of carbonyl (C=O) groups is 3. The summed E-state index contributed by atoms with van der Waals surface area (Å²) in [5, 5.41) is 9.23. The molecule has 1 aromatic carbocycles. The summed E-state index contributed by atoms with van der Waals surface area (Å²) in [6.45, 7) is 0. The minimum Gasteiger partial charge on any atom is -0.481 e. The molecule has 0 bridgehead atoms. The Labute approximate surface area is 158 Å². The number of urea groups is 1. The van der Waals surface area contributed by atoms with Gasteiger partial charge in [0.2, 0.25) is 0 Å². The van der Waals surface area contributed by atoms with E-state index in [2.05, 4.69) is 12.6 Å². The molecule has 7 heteroatoms. The molecule has 26 heavy (non-hydrogen) atoms. The van der Waals surface area contributed by atoms with Gasteiger partial charge in [-0.15, -0.1) is 0 Å². The summed E-state index contributed by atoms with van der Waals surface area (Å²) in [5.41, 5.74) is 1.02. The second kappa shape index (κ2) is 8.12. The Morgan fingerprint density at radius 3 is 2.42 bits per heavy atom. The van der Waals surface area contributed by atoms with E-state index in [0.717, 1.165) is 31.2 Å². The monoisotopic (exact) mass is 376 g/mol. The fourth-order valence-electron chi connectivity index (χ4n) is 4.04. The molecule has 0 radical (unpaired) electrons. The molecule has 1 aliphatic carbocycles. The topological polar surface area (TPSA) is 77.9 Å². The third-order valence-corrected chi connectivity index (χ3v) is 5.68. The van der Waals surface area contributed by atoms with E-state index in [1.165, 1.54) is 9.80 Å². The van der Waals surface area contributed by atoms with Gasteiger partial charge in [0.05, 0.1) is 12.5 Å². The standard InChI is InChI=1S/C19H24N2O4S/c22-17(23)11-16-18(24)21(19(25)20(16)14-8-4-5-9-14)15(12-26)10-13-6-2-1-3-7-13/h1-3,6-7,14-16,26H,4-5,8-12H2,(H,22,23). The molecular weight excluding hydrogens is 352 g/mol. The molecule has 2 aliphatic rings. The maximum absolute atomic E-state index is 13.1. The fraction of sp³-hybridized carbons (Fsp3) is 0.526. The molecule has 1 aromatic rings. The van der Waals surface area contributed by atoms with Crippen molar-refractivity contribution in [3.05, 3.63) is 35.9 Å². The van der Waals surface area contributed by atoms with Crippen molar-refractivity contribution >= 4 is 30.5 Å². The van der Waals surface area contributed by atoms with E-state index in [4.69, 9.17) is 0 Å². The van der Waals surface area contributed by atoms with Gasteiger partial charge in [0.15, 0.2) is 0 Å². The molecule has 140 valence electrons. The number of benzene rings is 1. The first-order valence-electron chi connectivity index (χ1n) is 9.05. The van der Waals surface area contributed by atoms with Crippen LogP contribution in [0.25, 0.3) is 0 Å². The lowest BCUT2D eigenvalue weighted by Gasteiger charge is -2.28. The van der Waals surface area contributed by atoms with Crippen LogP contribution in [0.5, 0.6) is 0 Å². The van der Waals surface area contributed by atoms with Crippen molar-refractivity contribution in [3.8, 4) is 0 Å². The molecular formula is C19H24N2O4S. The van der Waals surface area contributed by atoms with Crippen molar-refractivity contribution in [2.24, 2.45) is 0 Å². The Bertz CT molecular complexity index is 675. The van der Waals surface area contributed by atoms with Crippen LogP contribution < -0.4 is 0 Å². The third kappa shape index (κ3) is 3.72. The molecule has 2 unspecified atom stereocenters. The number of hydrogen-bond donors (Lipinski definition) is 2. The Hall–Kier alpha value is -2.02. The quantitative estimate of drug-likeness (QED) is 0.566. The first-order valence-corrected chi connectivity index (χ1v) is 9.68. The molecule has 6 nitrogen and oxygen atoms in total. The van der Waals surface area contributed by atoms with Gasteiger partial charge in [-0.2, -0.15) is 12.6 Å². The molecule has 1 saturated heterocycles. The summed E-state index contributed by atoms with van der Waals surface area (Å²) in [6, 6.07) is 7.95. The highest BCUT2D eigenvalue weighted by molar-refractivity contribution is 7.80. The predicted octanol–water partition coefficient (Wildman–Crippen LogP) is 2.58. The smallest absolute Gasteiger partial charge is 0.328 e. The second-order valence-electron chi connectivity index (χ2n) is 6.98. The molecule has 1 heterocycles. The summed E-state index contributed by atoms with van der Waals surface area (Å²) in [5.74, 6) is -1.13. The number of imide groups is 1. The van der Waals surface area contributed by atoms with Crippen LogP contribution in [-0.4, -0.2) is 56.7 Å². The van der Waals surface area contributed by atoms with Crippen LogP contribution in [0.15, 0.2) is 30.3 Å². The number of nitrogens with zero attached hydrogens (tertiary/aromatic N) is 2. The van der Waals surface area contributed by atoms with E-state index >= 15 is 0 Å². The van der Waals surface area contributed by atoms with E-state index in [-0.39, 0.29) is 24.5 Å². The third-order valence-electron chi connectivity index (χ3n) is 5.26. The summed E-state index contributed by atoms with van der Waals surface area (Å²) >= 11 is 4.36. The molecule has 0 aromatic heterocycles. The second-order valence-corrected chi connectivity index (χ2v) is 7.34. The number of rotatable bonds is 7. The molecule has 2 fully saturated rings. The Morgan fingerprint density at radius 2 is 1.85 bits per heavy atom. The van der Waals surface area contributed by atoms with Crippen LogP contribution in [0.4, 0.5) is 4.79 Å². The first kappa shape index (κ1) is 18.8. The van der Waals surface area contributed by atoms with Gasteiger partial charge in [0.25, 0.3) is 5.91 Å². The van der Waals surface area contributed by atoms with Gasteiger partial charge in [-0.25, -0.2) is 4.79 Å². The molecule has 1 saturated carbocycles. The normalized spacial score (nSPS) is 22.3. The first-order chi connectivity index (χ1) is 12.5. The number of carboxylic acids is 1. The van der Waals surface area contributed by atoms with Gasteiger partial charge >= 0.3 is 12.0 Å². The molecule has 3 rings (SSSR count). The number of hydrogen-bond acceptors (Lipinski definition) is 4. The van der Waals surface area contributed by atoms with E-state index in [9.17, 15) is 19.5 Å². The molecule has 2 atom stereocenters. The van der Waals surface area contributed by atoms with Crippen LogP contribution in [0.1, 0.15) is 37.7 Å². The van der Waals surface area contributed by atoms with Crippen LogP contribution in [0, 0.1) is 0 Å². The number of amides is 3. The van der Waals surface area contributed by atoms with Gasteiger partial charge in [-0.3, -0.25) is 14.5 Å². The molecule has 3 amide bonds. The van der Waals surface area contributed by atoms with E-state index < -0.39 is 17.9 Å². The molecule has 1 aliphatic heterocycles. The van der Waals surface area contributed by atoms with Crippen molar-refractivity contribution in [2.45, 2.75) is 56.7 Å². The van der Waals surface area contributed by atoms with Crippen molar-refractivity contribution in [2.75, 3.05) is 5.75 Å². The maximum atomic E-state index is 13.1. The zero-order valence-corrected chi connectivity index (χ0v) is 15.5. The van der Waals surface area contributed by atoms with E-state index in [1.54, 1.807) is 0 Å². The van der Waals surface area contributed by atoms with E-state index in [1.807, 2.05) is 30.3 Å². The van der Waals surface area contributed by atoms with Crippen molar-refractivity contribution in [1.29, 1.82) is 0 Å². The number of aliphatic carboxylic acids is 1. The Morgan fingerprint density at radius 1 is 1.19 bits per heavy atom. The van der Waals surface area contributed by atoms with Crippen LogP contribution in [-0.2, 0) is 16.0 Å². The largest absolute Gasteiger partial charge is 0.481 e. The minimum atomic E-state index is -1.06. The SMILES string of the molecule is O=C(O)CC1C(=O)N(C(CS)Cc2ccccc2)C(=O)N1C1CCCC1. The Kier molecular flexibility index (Phi) is 5.86. The predicted molar refractivity (Wildman–Crippen MR) is 100 cm³/mol. The summed E-state index contributed by atoms with van der Waals surface area (Å²) < 4.78 is 0. The summed E-state index contributed by atoms with van der Waals surface area (Å²) in [4.78, 5) is 40.1. The molecule has 1 N–H and O–H groups in total. The minimum absolute atomic E-state index is 0.0434. The van der Waals surface area contributed by atoms with E-state index in [0.29, 0.717) is 12.2 Å². The Balaban J connectivity index is 1.86. The van der Waals surface area contributed by atoms with Crippen molar-refractivity contribution in [1.82, 2.24) is 9.80 Å². The molecule has 0 spiro atoms. The highest BCUT2D eigenvalue weighted by atomic mass is 32.1. The van der Waals surface area contributed by atoms with Crippen LogP contribution in [0.2, 0.25) is 0 Å². The summed E-state index contributed by atoms with van der Waals surface area (Å²) in [6.07, 6.45) is 3.83. The lowest BCUT2D eigenvalue weighted by atomic mass is 10.1. The van der Waals surface area contributed by atoms with Gasteiger partial charge in [-0.1, -0.05) is 43.2 Å². The zero-order valence-electron chi connectivity index (χ0n) is 14.6. The highest BCUT2D eigenvalue weighted by Crippen LogP contribution is 2.33. The van der Waals surface area contributed by atoms with Crippen molar-refractivity contribution < 1.29 is 19.5 Å². The maximum Gasteiger partial charge on any atom is 0.328 e. The van der Waals surface area contributed by atoms with Gasteiger partial charge in [0, 0.05) is 11.8 Å². The van der Waals surface area contributed by atoms with Gasteiger partial charge < -0.3 is 10.0 Å². The van der Waals surface area contributed by atoms with Crippen molar-refractivity contribution in [3.63, 3.8) is 0 Å². The number of thiol groups is 1. The highest BCUT2D eigenvalue weighted by Gasteiger charge is 2.51. The lowest BCUT2D eigenvalue weighted by molar-refractivity contribution is -0.141. The number of carbonyl (C=O) groups excluding carboxylic acids is 2. The fourth-order valence-corrected chi connectivity index (χ4v) is 4.33. The zero-order chi connectivity index (χ0) is 18.7. The average Bonchev–Trinajstić information content (AvgIpc) is 3.21. The van der Waals surface area contributed by atoms with Crippen LogP contribution >= 0.6 is 12.6 Å². The van der Waals surface area contributed by atoms with Gasteiger partial charge in [0.1, 0.15) is 6.04 Å². The van der Waals surface area contributed by atoms with Gasteiger partial charge in [-0.05, 0) is 24.8 Å². The van der Waals surface area contributed by atoms with Crippen LogP contribution in [0.3, 0.4) is 0 Å².